The van der Waals surface area contributed by atoms with Crippen molar-refractivity contribution < 1.29 is 37.5 Å². The number of hydrogen-bond acceptors (Lipinski definition) is 7. The standard InChI is InChI=1S/C24H25O8P/c1-28-18-12-9-17(10-13-18)11-14-21(25)24-22(30-3)15-20(29-2)16-23(24)32-33(26,27)31-19-7-5-4-6-8-19/h4-10,12-13,15-16H,11,14H2,1-3H3,(H,26,27). The van der Waals surface area contributed by atoms with Crippen molar-refractivity contribution in [3.8, 4) is 28.7 Å². The molecule has 0 heterocycles. The quantitative estimate of drug-likeness (QED) is 0.304. The van der Waals surface area contributed by atoms with Crippen molar-refractivity contribution in [3.63, 3.8) is 0 Å². The van der Waals surface area contributed by atoms with Gasteiger partial charge in [0, 0.05) is 18.6 Å². The summed E-state index contributed by atoms with van der Waals surface area (Å²) in [6.45, 7) is 0. The van der Waals surface area contributed by atoms with E-state index in [2.05, 4.69) is 0 Å². The zero-order chi connectivity index (χ0) is 23.8. The summed E-state index contributed by atoms with van der Waals surface area (Å²) in [5.41, 5.74) is 0.956. The normalized spacial score (nSPS) is 12.4. The maximum absolute atomic E-state index is 13.1. The van der Waals surface area contributed by atoms with Crippen molar-refractivity contribution in [3.05, 3.63) is 77.9 Å². The molecule has 1 N–H and O–H groups in total. The lowest BCUT2D eigenvalue weighted by atomic mass is 10.0. The highest BCUT2D eigenvalue weighted by Crippen LogP contribution is 2.48. The number of phosphoric acid groups is 1. The van der Waals surface area contributed by atoms with Crippen LogP contribution in [0.25, 0.3) is 0 Å². The number of phosphoric ester groups is 1. The molecule has 8 nitrogen and oxygen atoms in total. The van der Waals surface area contributed by atoms with Gasteiger partial charge in [0.1, 0.15) is 28.6 Å². The molecule has 0 saturated heterocycles. The summed E-state index contributed by atoms with van der Waals surface area (Å²) in [6.07, 6.45) is 0.551. The molecular weight excluding hydrogens is 447 g/mol. The van der Waals surface area contributed by atoms with Crippen LogP contribution in [0, 0.1) is 0 Å². The van der Waals surface area contributed by atoms with Crippen molar-refractivity contribution in [2.75, 3.05) is 21.3 Å². The first kappa shape index (κ1) is 24.2. The number of aryl methyl sites for hydroxylation is 1. The smallest absolute Gasteiger partial charge is 0.497 e. The fourth-order valence-electron chi connectivity index (χ4n) is 3.12. The molecule has 33 heavy (non-hydrogen) atoms. The number of carbonyl (C=O) groups is 1. The van der Waals surface area contributed by atoms with E-state index in [-0.39, 0.29) is 40.8 Å². The molecular formula is C24H25O8P. The summed E-state index contributed by atoms with van der Waals surface area (Å²) < 4.78 is 38.8. The van der Waals surface area contributed by atoms with E-state index in [0.717, 1.165) is 11.3 Å². The second-order valence-corrected chi connectivity index (χ2v) is 8.24. The predicted octanol–water partition coefficient (Wildman–Crippen LogP) is 5.09. The van der Waals surface area contributed by atoms with Crippen LogP contribution in [0.1, 0.15) is 22.3 Å². The van der Waals surface area contributed by atoms with E-state index in [9.17, 15) is 14.3 Å². The van der Waals surface area contributed by atoms with Gasteiger partial charge in [-0.05, 0) is 36.2 Å². The van der Waals surface area contributed by atoms with Gasteiger partial charge in [-0.2, -0.15) is 0 Å². The molecule has 0 aliphatic heterocycles. The third-order valence-electron chi connectivity index (χ3n) is 4.75. The number of hydrogen-bond donors (Lipinski definition) is 1. The van der Waals surface area contributed by atoms with E-state index in [1.54, 1.807) is 25.3 Å². The lowest BCUT2D eigenvalue weighted by Gasteiger charge is -2.18. The van der Waals surface area contributed by atoms with Gasteiger partial charge < -0.3 is 23.3 Å². The van der Waals surface area contributed by atoms with E-state index in [1.165, 1.54) is 38.5 Å². The second kappa shape index (κ2) is 10.9. The third-order valence-corrected chi connectivity index (χ3v) is 5.62. The maximum atomic E-state index is 13.1. The van der Waals surface area contributed by atoms with E-state index in [0.29, 0.717) is 6.42 Å². The minimum absolute atomic E-state index is 0.0257. The van der Waals surface area contributed by atoms with Gasteiger partial charge in [-0.1, -0.05) is 30.3 Å². The molecule has 3 aromatic rings. The second-order valence-electron chi connectivity index (χ2n) is 6.94. The molecule has 9 heteroatoms. The molecule has 0 saturated carbocycles. The van der Waals surface area contributed by atoms with Crippen LogP contribution in [-0.2, 0) is 11.0 Å². The molecule has 0 aromatic heterocycles. The van der Waals surface area contributed by atoms with Crippen LogP contribution in [0.5, 0.6) is 28.7 Å². The van der Waals surface area contributed by atoms with Crippen molar-refractivity contribution in [2.24, 2.45) is 0 Å². The van der Waals surface area contributed by atoms with Gasteiger partial charge in [-0.25, -0.2) is 4.57 Å². The number of ketones is 1. The van der Waals surface area contributed by atoms with E-state index in [4.69, 9.17) is 23.3 Å². The largest absolute Gasteiger partial charge is 0.584 e. The molecule has 0 bridgehead atoms. The minimum atomic E-state index is -4.63. The first-order valence-corrected chi connectivity index (χ1v) is 11.5. The van der Waals surface area contributed by atoms with E-state index < -0.39 is 7.82 Å². The monoisotopic (exact) mass is 472 g/mol. The Hall–Kier alpha value is -3.48. The molecule has 174 valence electrons. The maximum Gasteiger partial charge on any atom is 0.584 e. The van der Waals surface area contributed by atoms with E-state index in [1.807, 2.05) is 24.3 Å². The third kappa shape index (κ3) is 6.51. The van der Waals surface area contributed by atoms with Gasteiger partial charge in [-0.15, -0.1) is 0 Å². The topological polar surface area (TPSA) is 101 Å². The van der Waals surface area contributed by atoms with Crippen molar-refractivity contribution >= 4 is 13.6 Å². The highest BCUT2D eigenvalue weighted by atomic mass is 31.2. The van der Waals surface area contributed by atoms with Crippen LogP contribution >= 0.6 is 7.82 Å². The van der Waals surface area contributed by atoms with Gasteiger partial charge in [0.05, 0.1) is 21.3 Å². The average molecular weight is 472 g/mol. The van der Waals surface area contributed by atoms with Crippen molar-refractivity contribution in [2.45, 2.75) is 12.8 Å². The van der Waals surface area contributed by atoms with Crippen LogP contribution in [0.2, 0.25) is 0 Å². The average Bonchev–Trinajstić information content (AvgIpc) is 2.82. The molecule has 0 fully saturated rings. The van der Waals surface area contributed by atoms with Gasteiger partial charge in [-0.3, -0.25) is 9.69 Å². The molecule has 1 unspecified atom stereocenters. The number of ether oxygens (including phenoxy) is 3. The van der Waals surface area contributed by atoms with Crippen LogP contribution in [-0.4, -0.2) is 32.0 Å². The number of para-hydroxylation sites is 1. The fraction of sp³-hybridized carbons (Fsp3) is 0.208. The molecule has 0 aliphatic rings. The molecule has 0 amide bonds. The fourth-order valence-corrected chi connectivity index (χ4v) is 3.94. The van der Waals surface area contributed by atoms with Crippen LogP contribution in [0.15, 0.2) is 66.7 Å². The Morgan fingerprint density at radius 3 is 2.03 bits per heavy atom. The predicted molar refractivity (Wildman–Crippen MR) is 123 cm³/mol. The van der Waals surface area contributed by atoms with E-state index >= 15 is 0 Å². The zero-order valence-electron chi connectivity index (χ0n) is 18.5. The summed E-state index contributed by atoms with van der Waals surface area (Å²) in [5.74, 6) is 0.796. The molecule has 0 spiro atoms. The van der Waals surface area contributed by atoms with Gasteiger partial charge in [0.2, 0.25) is 0 Å². The van der Waals surface area contributed by atoms with Gasteiger partial charge >= 0.3 is 7.82 Å². The number of Topliss-reactive ketones (excluding diaryl/α,β-unsaturated/α-hetero) is 1. The first-order valence-electron chi connectivity index (χ1n) is 10.0. The van der Waals surface area contributed by atoms with Crippen LogP contribution < -0.4 is 23.3 Å². The molecule has 3 aromatic carbocycles. The number of benzene rings is 3. The van der Waals surface area contributed by atoms with Crippen molar-refractivity contribution in [1.29, 1.82) is 0 Å². The lowest BCUT2D eigenvalue weighted by Crippen LogP contribution is -2.09. The van der Waals surface area contributed by atoms with Crippen LogP contribution in [0.4, 0.5) is 0 Å². The van der Waals surface area contributed by atoms with Gasteiger partial charge in [0.25, 0.3) is 0 Å². The highest BCUT2D eigenvalue weighted by Gasteiger charge is 2.30. The highest BCUT2D eigenvalue weighted by molar-refractivity contribution is 7.48. The summed E-state index contributed by atoms with van der Waals surface area (Å²) in [7, 11) is -0.240. The lowest BCUT2D eigenvalue weighted by molar-refractivity contribution is 0.0978. The Labute approximate surface area is 192 Å². The number of methoxy groups -OCH3 is 3. The Balaban J connectivity index is 1.87. The molecule has 1 atom stereocenters. The Kier molecular flexibility index (Phi) is 7.98. The molecule has 0 radical (unpaired) electrons. The number of rotatable bonds is 11. The SMILES string of the molecule is COc1ccc(CCC(=O)c2c(OC)cc(OC)cc2OP(=O)(O)Oc2ccccc2)cc1. The Morgan fingerprint density at radius 2 is 1.42 bits per heavy atom. The summed E-state index contributed by atoms with van der Waals surface area (Å²) in [5, 5.41) is 0. The first-order chi connectivity index (χ1) is 15.8. The minimum Gasteiger partial charge on any atom is -0.497 e. The van der Waals surface area contributed by atoms with Crippen LogP contribution in [0.3, 0.4) is 0 Å². The molecule has 0 aliphatic carbocycles. The number of carbonyl (C=O) groups excluding carboxylic acids is 1. The Morgan fingerprint density at radius 1 is 0.788 bits per heavy atom. The van der Waals surface area contributed by atoms with Gasteiger partial charge in [0.15, 0.2) is 11.5 Å². The Bertz CT molecular complexity index is 1130. The molecule has 3 rings (SSSR count). The summed E-state index contributed by atoms with van der Waals surface area (Å²) in [4.78, 5) is 23.5. The summed E-state index contributed by atoms with van der Waals surface area (Å²) in [6, 6.07) is 18.3. The van der Waals surface area contributed by atoms with Crippen molar-refractivity contribution in [1.82, 2.24) is 0 Å². The summed E-state index contributed by atoms with van der Waals surface area (Å²) >= 11 is 0. The zero-order valence-corrected chi connectivity index (χ0v) is 19.4.